The number of carbonyl (C=O) groups is 1. The van der Waals surface area contributed by atoms with Crippen molar-refractivity contribution in [1.82, 2.24) is 9.97 Å². The number of nitrogens with zero attached hydrogens (tertiary/aromatic N) is 2. The molecule has 0 saturated carbocycles. The van der Waals surface area contributed by atoms with Crippen molar-refractivity contribution in [1.29, 1.82) is 0 Å². The number of rotatable bonds is 13. The minimum Gasteiger partial charge on any atom is -0.490 e. The molecule has 1 heterocycles. The normalized spacial score (nSPS) is 13.1. The molecule has 0 bridgehead atoms. The lowest BCUT2D eigenvalue weighted by molar-refractivity contribution is -0.118. The Labute approximate surface area is 171 Å². The third-order valence-corrected chi connectivity index (χ3v) is 4.65. The van der Waals surface area contributed by atoms with E-state index < -0.39 is 25.4 Å². The molecule has 4 nitrogen and oxygen atoms in total. The number of alkyl halides is 2. The molecule has 158 valence electrons. The van der Waals surface area contributed by atoms with Crippen molar-refractivity contribution in [3.05, 3.63) is 42.2 Å². The SMILES string of the molecule is CCCCCCCc1ccnc(-c2ccc(OC[C@@H](F)[C@H](F)CC(C)=O)cc2)n1. The van der Waals surface area contributed by atoms with Crippen LogP contribution in [0.5, 0.6) is 5.75 Å². The van der Waals surface area contributed by atoms with Crippen LogP contribution in [0.25, 0.3) is 11.4 Å². The maximum atomic E-state index is 13.7. The molecule has 2 rings (SSSR count). The Kier molecular flexibility index (Phi) is 9.68. The molecule has 0 amide bonds. The Morgan fingerprint density at radius 3 is 2.45 bits per heavy atom. The summed E-state index contributed by atoms with van der Waals surface area (Å²) in [6.07, 6.45) is 4.67. The zero-order valence-electron chi connectivity index (χ0n) is 17.2. The van der Waals surface area contributed by atoms with Gasteiger partial charge in [0.25, 0.3) is 0 Å². The Balaban J connectivity index is 1.88. The number of Topliss-reactive ketones (excluding diaryl/α,β-unsaturated/α-hetero) is 1. The van der Waals surface area contributed by atoms with Crippen LogP contribution in [0.1, 0.15) is 58.1 Å². The molecule has 0 N–H and O–H groups in total. The number of unbranched alkanes of at least 4 members (excludes halogenated alkanes) is 4. The number of ether oxygens (including phenoxy) is 1. The van der Waals surface area contributed by atoms with Crippen LogP contribution in [-0.2, 0) is 11.2 Å². The van der Waals surface area contributed by atoms with E-state index >= 15 is 0 Å². The summed E-state index contributed by atoms with van der Waals surface area (Å²) in [5, 5.41) is 0. The maximum Gasteiger partial charge on any atom is 0.165 e. The van der Waals surface area contributed by atoms with Crippen LogP contribution in [-0.4, -0.2) is 34.7 Å². The van der Waals surface area contributed by atoms with Crippen LogP contribution in [0.3, 0.4) is 0 Å². The fourth-order valence-electron chi connectivity index (χ4n) is 2.97. The quantitative estimate of drug-likeness (QED) is 0.402. The van der Waals surface area contributed by atoms with E-state index in [0.717, 1.165) is 24.1 Å². The molecule has 1 aromatic heterocycles. The summed E-state index contributed by atoms with van der Waals surface area (Å²) in [5.74, 6) is 0.683. The molecular weight excluding hydrogens is 374 g/mol. The van der Waals surface area contributed by atoms with E-state index in [1.807, 2.05) is 6.07 Å². The van der Waals surface area contributed by atoms with Gasteiger partial charge in [0.05, 0.1) is 0 Å². The fourth-order valence-corrected chi connectivity index (χ4v) is 2.97. The second kappa shape index (κ2) is 12.2. The number of hydrogen-bond acceptors (Lipinski definition) is 4. The van der Waals surface area contributed by atoms with Crippen LogP contribution in [0.4, 0.5) is 8.78 Å². The molecule has 0 saturated heterocycles. The van der Waals surface area contributed by atoms with E-state index in [-0.39, 0.29) is 5.78 Å². The highest BCUT2D eigenvalue weighted by atomic mass is 19.2. The van der Waals surface area contributed by atoms with Gasteiger partial charge in [-0.1, -0.05) is 32.6 Å². The van der Waals surface area contributed by atoms with Gasteiger partial charge in [-0.25, -0.2) is 18.7 Å². The number of hydrogen-bond donors (Lipinski definition) is 0. The van der Waals surface area contributed by atoms with Gasteiger partial charge in [-0.2, -0.15) is 0 Å². The molecule has 0 aliphatic carbocycles. The molecule has 0 aliphatic rings. The smallest absolute Gasteiger partial charge is 0.165 e. The van der Waals surface area contributed by atoms with E-state index in [1.165, 1.54) is 32.6 Å². The number of carbonyl (C=O) groups excluding carboxylic acids is 1. The first-order valence-corrected chi connectivity index (χ1v) is 10.3. The van der Waals surface area contributed by atoms with E-state index in [9.17, 15) is 13.6 Å². The number of benzene rings is 1. The highest BCUT2D eigenvalue weighted by molar-refractivity contribution is 5.76. The Bertz CT molecular complexity index is 753. The minimum absolute atomic E-state index is 0.382. The van der Waals surface area contributed by atoms with Gasteiger partial charge in [-0.15, -0.1) is 0 Å². The summed E-state index contributed by atoms with van der Waals surface area (Å²) in [6, 6.07) is 8.90. The number of halogens is 2. The molecule has 6 heteroatoms. The molecule has 29 heavy (non-hydrogen) atoms. The average molecular weight is 405 g/mol. The van der Waals surface area contributed by atoms with Gasteiger partial charge in [-0.05, 0) is 50.1 Å². The summed E-state index contributed by atoms with van der Waals surface area (Å²) >= 11 is 0. The Hall–Kier alpha value is -2.37. The lowest BCUT2D eigenvalue weighted by Crippen LogP contribution is -2.26. The van der Waals surface area contributed by atoms with Gasteiger partial charge in [0.1, 0.15) is 24.3 Å². The first kappa shape index (κ1) is 22.9. The molecule has 0 spiro atoms. The van der Waals surface area contributed by atoms with Crippen molar-refractivity contribution in [3.63, 3.8) is 0 Å². The zero-order chi connectivity index (χ0) is 21.1. The first-order chi connectivity index (χ1) is 14.0. The average Bonchev–Trinajstić information content (AvgIpc) is 2.72. The van der Waals surface area contributed by atoms with Crippen molar-refractivity contribution < 1.29 is 18.3 Å². The van der Waals surface area contributed by atoms with Crippen molar-refractivity contribution in [2.75, 3.05) is 6.61 Å². The third kappa shape index (κ3) is 8.26. The van der Waals surface area contributed by atoms with Gasteiger partial charge >= 0.3 is 0 Å². The van der Waals surface area contributed by atoms with E-state index in [2.05, 4.69) is 16.9 Å². The van der Waals surface area contributed by atoms with E-state index in [1.54, 1.807) is 30.5 Å². The van der Waals surface area contributed by atoms with Gasteiger partial charge < -0.3 is 4.74 Å². The van der Waals surface area contributed by atoms with Crippen molar-refractivity contribution in [2.45, 2.75) is 71.1 Å². The number of ketones is 1. The van der Waals surface area contributed by atoms with Crippen LogP contribution < -0.4 is 4.74 Å². The standard InChI is InChI=1S/C23H30F2N2O2/c1-3-4-5-6-7-8-19-13-14-26-23(27-19)18-9-11-20(12-10-18)29-16-22(25)21(24)15-17(2)28/h9-14,21-22H,3-8,15-16H2,1-2H3/t21-,22-/m1/s1. The second-order valence-electron chi connectivity index (χ2n) is 7.31. The first-order valence-electron chi connectivity index (χ1n) is 10.3. The molecule has 0 aliphatic heterocycles. The highest BCUT2D eigenvalue weighted by Crippen LogP contribution is 2.21. The predicted octanol–water partition coefficient (Wildman–Crippen LogP) is 5.69. The van der Waals surface area contributed by atoms with Gasteiger partial charge in [-0.3, -0.25) is 4.79 Å². The molecule has 0 radical (unpaired) electrons. The van der Waals surface area contributed by atoms with Crippen LogP contribution in [0, 0.1) is 0 Å². The lowest BCUT2D eigenvalue weighted by atomic mass is 10.1. The summed E-state index contributed by atoms with van der Waals surface area (Å²) < 4.78 is 32.6. The lowest BCUT2D eigenvalue weighted by Gasteiger charge is -2.13. The monoisotopic (exact) mass is 404 g/mol. The molecular formula is C23H30F2N2O2. The van der Waals surface area contributed by atoms with Crippen LogP contribution in [0.15, 0.2) is 36.5 Å². The molecule has 1 aromatic carbocycles. The molecule has 0 fully saturated rings. The van der Waals surface area contributed by atoms with Crippen LogP contribution in [0.2, 0.25) is 0 Å². The van der Waals surface area contributed by atoms with Gasteiger partial charge in [0, 0.05) is 23.9 Å². The fraction of sp³-hybridized carbons (Fsp3) is 0.522. The maximum absolute atomic E-state index is 13.7. The van der Waals surface area contributed by atoms with Crippen molar-refractivity contribution in [3.8, 4) is 17.1 Å². The summed E-state index contributed by atoms with van der Waals surface area (Å²) in [6.45, 7) is 3.01. The van der Waals surface area contributed by atoms with Crippen LogP contribution >= 0.6 is 0 Å². The molecule has 2 atom stereocenters. The Morgan fingerprint density at radius 2 is 1.76 bits per heavy atom. The zero-order valence-corrected chi connectivity index (χ0v) is 17.2. The van der Waals surface area contributed by atoms with Crippen molar-refractivity contribution in [2.24, 2.45) is 0 Å². The number of aromatic nitrogens is 2. The summed E-state index contributed by atoms with van der Waals surface area (Å²) in [5.41, 5.74) is 1.86. The topological polar surface area (TPSA) is 52.1 Å². The Morgan fingerprint density at radius 1 is 1.03 bits per heavy atom. The number of aryl methyl sites for hydroxylation is 1. The molecule has 2 aromatic rings. The molecule has 0 unspecified atom stereocenters. The second-order valence-corrected chi connectivity index (χ2v) is 7.31. The largest absolute Gasteiger partial charge is 0.490 e. The predicted molar refractivity (Wildman–Crippen MR) is 111 cm³/mol. The van der Waals surface area contributed by atoms with Gasteiger partial charge in [0.15, 0.2) is 12.0 Å². The van der Waals surface area contributed by atoms with Gasteiger partial charge in [0.2, 0.25) is 0 Å². The van der Waals surface area contributed by atoms with Crippen molar-refractivity contribution >= 4 is 5.78 Å². The van der Waals surface area contributed by atoms with E-state index in [0.29, 0.717) is 11.6 Å². The minimum atomic E-state index is -1.84. The van der Waals surface area contributed by atoms with E-state index in [4.69, 9.17) is 4.74 Å². The third-order valence-electron chi connectivity index (χ3n) is 4.65. The highest BCUT2D eigenvalue weighted by Gasteiger charge is 2.22. The summed E-state index contributed by atoms with van der Waals surface area (Å²) in [7, 11) is 0. The summed E-state index contributed by atoms with van der Waals surface area (Å²) in [4.78, 5) is 19.8.